The van der Waals surface area contributed by atoms with Crippen molar-refractivity contribution >= 4 is 23.2 Å². The molecule has 26 heavy (non-hydrogen) atoms. The number of furan rings is 1. The molecule has 1 amide bonds. The van der Waals surface area contributed by atoms with E-state index in [1.165, 1.54) is 0 Å². The molecule has 0 bridgehead atoms. The normalized spacial score (nSPS) is 10.6. The number of rotatable bonds is 6. The van der Waals surface area contributed by atoms with E-state index in [0.717, 1.165) is 11.3 Å². The van der Waals surface area contributed by atoms with Gasteiger partial charge in [-0.2, -0.15) is 0 Å². The Morgan fingerprint density at radius 2 is 1.92 bits per heavy atom. The van der Waals surface area contributed by atoms with Crippen LogP contribution in [-0.4, -0.2) is 18.1 Å². The van der Waals surface area contributed by atoms with Crippen molar-refractivity contribution in [3.05, 3.63) is 70.9 Å². The molecule has 3 aromatic rings. The van der Waals surface area contributed by atoms with Crippen molar-refractivity contribution < 1.29 is 19.1 Å². The van der Waals surface area contributed by atoms with Gasteiger partial charge in [-0.25, -0.2) is 0 Å². The fraction of sp³-hybridized carbons (Fsp3) is 0.150. The summed E-state index contributed by atoms with van der Waals surface area (Å²) in [5.74, 6) is 1.64. The van der Waals surface area contributed by atoms with Crippen molar-refractivity contribution in [1.82, 2.24) is 0 Å². The van der Waals surface area contributed by atoms with E-state index in [2.05, 4.69) is 5.32 Å². The lowest BCUT2D eigenvalue weighted by molar-refractivity contribution is -0.115. The largest absolute Gasteiger partial charge is 0.497 e. The van der Waals surface area contributed by atoms with Crippen LogP contribution in [0.25, 0.3) is 11.3 Å². The highest BCUT2D eigenvalue weighted by molar-refractivity contribution is 6.33. The number of hydrogen-bond donors (Lipinski definition) is 2. The van der Waals surface area contributed by atoms with E-state index in [1.54, 1.807) is 37.4 Å². The average molecular weight is 372 g/mol. The molecule has 1 heterocycles. The zero-order chi connectivity index (χ0) is 18.5. The van der Waals surface area contributed by atoms with Crippen molar-refractivity contribution in [3.8, 4) is 17.1 Å². The maximum Gasteiger partial charge on any atom is 0.228 e. The molecule has 0 unspecified atom stereocenters. The lowest BCUT2D eigenvalue weighted by atomic mass is 10.1. The second-order valence-electron chi connectivity index (χ2n) is 5.69. The Hall–Kier alpha value is -2.76. The minimum Gasteiger partial charge on any atom is -0.497 e. The fourth-order valence-electron chi connectivity index (χ4n) is 2.53. The Kier molecular flexibility index (Phi) is 5.61. The van der Waals surface area contributed by atoms with Crippen LogP contribution < -0.4 is 10.1 Å². The Balaban J connectivity index is 1.67. The highest BCUT2D eigenvalue weighted by Crippen LogP contribution is 2.31. The smallest absolute Gasteiger partial charge is 0.228 e. The number of aliphatic hydroxyl groups is 1. The predicted molar refractivity (Wildman–Crippen MR) is 100 cm³/mol. The summed E-state index contributed by atoms with van der Waals surface area (Å²) in [6.07, 6.45) is 0.251. The summed E-state index contributed by atoms with van der Waals surface area (Å²) in [6.45, 7) is -0.170. The van der Waals surface area contributed by atoms with Gasteiger partial charge in [0.1, 0.15) is 23.9 Å². The first kappa shape index (κ1) is 18.0. The van der Waals surface area contributed by atoms with Crippen LogP contribution in [-0.2, 0) is 17.8 Å². The Morgan fingerprint density at radius 3 is 2.54 bits per heavy atom. The number of anilines is 1. The van der Waals surface area contributed by atoms with Gasteiger partial charge in [-0.1, -0.05) is 23.7 Å². The second kappa shape index (κ2) is 8.08. The molecule has 0 aliphatic carbocycles. The van der Waals surface area contributed by atoms with Gasteiger partial charge in [-0.05, 0) is 48.0 Å². The standard InChI is InChI=1S/C20H18ClNO4/c1-25-15-5-2-13(3-6-15)10-20(24)22-14-4-8-17(18(21)11-14)19-9-7-16(12-23)26-19/h2-9,11,23H,10,12H2,1H3,(H,22,24). The van der Waals surface area contributed by atoms with Gasteiger partial charge in [0.05, 0.1) is 18.6 Å². The molecule has 0 saturated heterocycles. The Labute approximate surface area is 156 Å². The summed E-state index contributed by atoms with van der Waals surface area (Å²) in [5, 5.41) is 12.4. The predicted octanol–water partition coefficient (Wildman–Crippen LogP) is 4.28. The average Bonchev–Trinajstić information content (AvgIpc) is 3.11. The van der Waals surface area contributed by atoms with E-state index < -0.39 is 0 Å². The van der Waals surface area contributed by atoms with Crippen LogP contribution in [0, 0.1) is 0 Å². The summed E-state index contributed by atoms with van der Waals surface area (Å²) in [6, 6.07) is 16.0. The van der Waals surface area contributed by atoms with Crippen LogP contribution >= 0.6 is 11.6 Å². The van der Waals surface area contributed by atoms with Crippen LogP contribution in [0.4, 0.5) is 5.69 Å². The molecule has 0 aliphatic rings. The van der Waals surface area contributed by atoms with Crippen LogP contribution in [0.1, 0.15) is 11.3 Å². The number of benzene rings is 2. The zero-order valence-electron chi connectivity index (χ0n) is 14.2. The van der Waals surface area contributed by atoms with Gasteiger partial charge >= 0.3 is 0 Å². The number of ether oxygens (including phenoxy) is 1. The number of nitrogens with one attached hydrogen (secondary N) is 1. The molecule has 1 aromatic heterocycles. The first-order valence-electron chi connectivity index (χ1n) is 8.01. The Bertz CT molecular complexity index is 902. The summed E-state index contributed by atoms with van der Waals surface area (Å²) in [7, 11) is 1.60. The lowest BCUT2D eigenvalue weighted by Gasteiger charge is -2.08. The first-order chi connectivity index (χ1) is 12.6. The molecule has 3 rings (SSSR count). The molecule has 2 N–H and O–H groups in total. The summed E-state index contributed by atoms with van der Waals surface area (Å²) in [5.41, 5.74) is 2.18. The molecule has 5 nitrogen and oxygen atoms in total. The third-order valence-electron chi connectivity index (χ3n) is 3.86. The van der Waals surface area contributed by atoms with Crippen LogP contribution in [0.5, 0.6) is 5.75 Å². The Morgan fingerprint density at radius 1 is 1.15 bits per heavy atom. The van der Waals surface area contributed by atoms with Crippen LogP contribution in [0.3, 0.4) is 0 Å². The molecule has 0 spiro atoms. The van der Waals surface area contributed by atoms with E-state index in [1.807, 2.05) is 24.3 Å². The van der Waals surface area contributed by atoms with Gasteiger partial charge in [0.15, 0.2) is 0 Å². The number of carbonyl (C=O) groups excluding carboxylic acids is 1. The zero-order valence-corrected chi connectivity index (χ0v) is 14.9. The van der Waals surface area contributed by atoms with Crippen molar-refractivity contribution in [2.75, 3.05) is 12.4 Å². The molecule has 134 valence electrons. The van der Waals surface area contributed by atoms with Gasteiger partial charge in [0.25, 0.3) is 0 Å². The highest BCUT2D eigenvalue weighted by Gasteiger charge is 2.11. The minimum atomic E-state index is -0.170. The number of hydrogen-bond acceptors (Lipinski definition) is 4. The molecular formula is C20H18ClNO4. The molecule has 0 fully saturated rings. The lowest BCUT2D eigenvalue weighted by Crippen LogP contribution is -2.14. The number of carbonyl (C=O) groups is 1. The van der Waals surface area contributed by atoms with Crippen molar-refractivity contribution in [1.29, 1.82) is 0 Å². The molecule has 2 aromatic carbocycles. The van der Waals surface area contributed by atoms with E-state index >= 15 is 0 Å². The van der Waals surface area contributed by atoms with Gasteiger partial charge in [0.2, 0.25) is 5.91 Å². The number of aliphatic hydroxyl groups excluding tert-OH is 1. The van der Waals surface area contributed by atoms with Crippen molar-refractivity contribution in [2.24, 2.45) is 0 Å². The molecule has 0 aliphatic heterocycles. The van der Waals surface area contributed by atoms with Crippen molar-refractivity contribution in [3.63, 3.8) is 0 Å². The maximum absolute atomic E-state index is 12.2. The summed E-state index contributed by atoms with van der Waals surface area (Å²) >= 11 is 6.31. The third kappa shape index (κ3) is 4.25. The number of amides is 1. The van der Waals surface area contributed by atoms with E-state index in [4.69, 9.17) is 25.9 Å². The monoisotopic (exact) mass is 371 g/mol. The summed E-state index contributed by atoms with van der Waals surface area (Å²) in [4.78, 5) is 12.2. The summed E-state index contributed by atoms with van der Waals surface area (Å²) < 4.78 is 10.6. The third-order valence-corrected chi connectivity index (χ3v) is 4.17. The maximum atomic E-state index is 12.2. The van der Waals surface area contributed by atoms with E-state index in [0.29, 0.717) is 27.8 Å². The van der Waals surface area contributed by atoms with Gasteiger partial charge < -0.3 is 19.6 Å². The van der Waals surface area contributed by atoms with Crippen LogP contribution in [0.2, 0.25) is 5.02 Å². The second-order valence-corrected chi connectivity index (χ2v) is 6.10. The number of methoxy groups -OCH3 is 1. The molecule has 6 heteroatoms. The van der Waals surface area contributed by atoms with Gasteiger partial charge in [-0.3, -0.25) is 4.79 Å². The van der Waals surface area contributed by atoms with E-state index in [-0.39, 0.29) is 18.9 Å². The fourth-order valence-corrected chi connectivity index (χ4v) is 2.81. The molecule has 0 saturated carbocycles. The number of halogens is 1. The van der Waals surface area contributed by atoms with Gasteiger partial charge in [-0.15, -0.1) is 0 Å². The molecule has 0 atom stereocenters. The SMILES string of the molecule is COc1ccc(CC(=O)Nc2ccc(-c3ccc(CO)o3)c(Cl)c2)cc1. The van der Waals surface area contributed by atoms with Gasteiger partial charge in [0, 0.05) is 11.3 Å². The highest BCUT2D eigenvalue weighted by atomic mass is 35.5. The van der Waals surface area contributed by atoms with Crippen LogP contribution in [0.15, 0.2) is 59.0 Å². The molecular weight excluding hydrogens is 354 g/mol. The first-order valence-corrected chi connectivity index (χ1v) is 8.39. The quantitative estimate of drug-likeness (QED) is 0.678. The molecule has 0 radical (unpaired) electrons. The minimum absolute atomic E-state index is 0.139. The topological polar surface area (TPSA) is 71.7 Å². The van der Waals surface area contributed by atoms with E-state index in [9.17, 15) is 4.79 Å². The van der Waals surface area contributed by atoms with Crippen molar-refractivity contribution in [2.45, 2.75) is 13.0 Å².